The molecule has 2 aromatic rings. The van der Waals surface area contributed by atoms with Crippen molar-refractivity contribution < 1.29 is 28.9 Å². The SMILES string of the molecule is CC(C)C(=O)OC[C@H]1O[C@@](C#N)(c2ccc3c(N)ncnn23)[C@H](O)[C@@H]1OC(=O)[C@@H](N)C(C)C. The second-order valence-corrected chi connectivity index (χ2v) is 8.57. The Morgan fingerprint density at radius 1 is 1.33 bits per heavy atom. The Kier molecular flexibility index (Phi) is 6.87. The van der Waals surface area contributed by atoms with Crippen LogP contribution in [0.5, 0.6) is 0 Å². The number of aliphatic hydroxyl groups is 1. The minimum atomic E-state index is -2.00. The van der Waals surface area contributed by atoms with Gasteiger partial charge >= 0.3 is 11.9 Å². The smallest absolute Gasteiger partial charge is 0.323 e. The van der Waals surface area contributed by atoms with Crippen LogP contribution in [0.25, 0.3) is 5.52 Å². The van der Waals surface area contributed by atoms with Crippen LogP contribution in [0.1, 0.15) is 33.4 Å². The Balaban J connectivity index is 2.01. The minimum Gasteiger partial charge on any atom is -0.463 e. The molecular formula is C21H28N6O6. The average Bonchev–Trinajstić information content (AvgIpc) is 3.32. The van der Waals surface area contributed by atoms with Crippen LogP contribution < -0.4 is 11.5 Å². The number of nitrogens with two attached hydrogens (primary N) is 2. The molecule has 3 heterocycles. The number of ether oxygens (including phenoxy) is 3. The average molecular weight is 460 g/mol. The van der Waals surface area contributed by atoms with Gasteiger partial charge in [-0.1, -0.05) is 27.7 Å². The molecule has 1 aliphatic heterocycles. The van der Waals surface area contributed by atoms with E-state index in [1.165, 1.54) is 16.9 Å². The highest BCUT2D eigenvalue weighted by Gasteiger charge is 2.60. The van der Waals surface area contributed by atoms with Gasteiger partial charge < -0.3 is 30.8 Å². The molecule has 0 radical (unpaired) electrons. The molecule has 0 spiro atoms. The van der Waals surface area contributed by atoms with E-state index >= 15 is 0 Å². The maximum absolute atomic E-state index is 12.6. The number of nitrogen functional groups attached to an aromatic ring is 1. The van der Waals surface area contributed by atoms with Crippen LogP contribution in [0.4, 0.5) is 5.82 Å². The number of fused-ring (bicyclic) bond motifs is 1. The monoisotopic (exact) mass is 460 g/mol. The molecule has 0 aromatic carbocycles. The molecule has 0 amide bonds. The lowest BCUT2D eigenvalue weighted by Crippen LogP contribution is -2.46. The van der Waals surface area contributed by atoms with E-state index < -0.39 is 47.8 Å². The molecule has 5 N–H and O–H groups in total. The van der Waals surface area contributed by atoms with Gasteiger partial charge in [0.1, 0.15) is 42.8 Å². The number of esters is 2. The number of aromatic nitrogens is 3. The lowest BCUT2D eigenvalue weighted by molar-refractivity contribution is -0.163. The predicted octanol–water partition coefficient (Wildman–Crippen LogP) is -0.116. The van der Waals surface area contributed by atoms with Gasteiger partial charge in [-0.3, -0.25) is 9.59 Å². The van der Waals surface area contributed by atoms with Crippen molar-refractivity contribution in [1.82, 2.24) is 14.6 Å². The van der Waals surface area contributed by atoms with E-state index in [1.807, 2.05) is 6.07 Å². The largest absolute Gasteiger partial charge is 0.463 e. The van der Waals surface area contributed by atoms with Crippen molar-refractivity contribution >= 4 is 23.3 Å². The minimum absolute atomic E-state index is 0.147. The molecule has 1 fully saturated rings. The first-order valence-corrected chi connectivity index (χ1v) is 10.5. The fourth-order valence-electron chi connectivity index (χ4n) is 3.49. The first-order chi connectivity index (χ1) is 15.5. The highest BCUT2D eigenvalue weighted by molar-refractivity contribution is 5.76. The van der Waals surface area contributed by atoms with Gasteiger partial charge in [0, 0.05) is 0 Å². The lowest BCUT2D eigenvalue weighted by Gasteiger charge is -2.25. The molecule has 0 saturated carbocycles. The second kappa shape index (κ2) is 9.30. The summed E-state index contributed by atoms with van der Waals surface area (Å²) in [6, 6.07) is 4.10. The third-order valence-corrected chi connectivity index (χ3v) is 5.56. The molecule has 1 aliphatic rings. The molecular weight excluding hydrogens is 432 g/mol. The number of nitrogens with zero attached hydrogens (tertiary/aromatic N) is 4. The summed E-state index contributed by atoms with van der Waals surface area (Å²) in [5.41, 5.74) is 10.3. The third kappa shape index (κ3) is 4.35. The van der Waals surface area contributed by atoms with Crippen LogP contribution in [0, 0.1) is 23.2 Å². The van der Waals surface area contributed by atoms with E-state index in [2.05, 4.69) is 10.1 Å². The quantitative estimate of drug-likeness (QED) is 0.467. The van der Waals surface area contributed by atoms with E-state index in [1.54, 1.807) is 33.8 Å². The van der Waals surface area contributed by atoms with Crippen LogP contribution in [-0.4, -0.2) is 62.6 Å². The fourth-order valence-corrected chi connectivity index (χ4v) is 3.49. The van der Waals surface area contributed by atoms with Gasteiger partial charge in [-0.15, -0.1) is 0 Å². The van der Waals surface area contributed by atoms with Crippen molar-refractivity contribution in [3.05, 3.63) is 24.2 Å². The first-order valence-electron chi connectivity index (χ1n) is 10.5. The van der Waals surface area contributed by atoms with Crippen molar-refractivity contribution in [3.63, 3.8) is 0 Å². The number of rotatable bonds is 7. The highest BCUT2D eigenvalue weighted by atomic mass is 16.6. The van der Waals surface area contributed by atoms with E-state index in [0.29, 0.717) is 5.52 Å². The summed E-state index contributed by atoms with van der Waals surface area (Å²) >= 11 is 0. The van der Waals surface area contributed by atoms with Gasteiger partial charge in [0.05, 0.1) is 11.6 Å². The van der Waals surface area contributed by atoms with Crippen LogP contribution in [-0.2, 0) is 29.4 Å². The molecule has 12 nitrogen and oxygen atoms in total. The molecule has 12 heteroatoms. The summed E-state index contributed by atoms with van der Waals surface area (Å²) in [7, 11) is 0. The van der Waals surface area contributed by atoms with Crippen molar-refractivity contribution in [2.24, 2.45) is 17.6 Å². The first kappa shape index (κ1) is 24.4. The fraction of sp³-hybridized carbons (Fsp3) is 0.571. The summed E-state index contributed by atoms with van der Waals surface area (Å²) in [5, 5.41) is 25.4. The van der Waals surface area contributed by atoms with Gasteiger partial charge in [-0.2, -0.15) is 10.4 Å². The van der Waals surface area contributed by atoms with Crippen LogP contribution >= 0.6 is 0 Å². The number of hydrogen-bond acceptors (Lipinski definition) is 11. The lowest BCUT2D eigenvalue weighted by atomic mass is 9.92. The molecule has 0 aliphatic carbocycles. The molecule has 0 unspecified atom stereocenters. The van der Waals surface area contributed by atoms with Crippen LogP contribution in [0.2, 0.25) is 0 Å². The normalized spacial score (nSPS) is 25.8. The molecule has 2 aromatic heterocycles. The Morgan fingerprint density at radius 2 is 2.03 bits per heavy atom. The van der Waals surface area contributed by atoms with Gasteiger partial charge in [-0.05, 0) is 18.1 Å². The van der Waals surface area contributed by atoms with Crippen molar-refractivity contribution in [2.45, 2.75) is 57.6 Å². The zero-order valence-corrected chi connectivity index (χ0v) is 18.8. The number of nitriles is 1. The second-order valence-electron chi connectivity index (χ2n) is 8.57. The molecule has 33 heavy (non-hydrogen) atoms. The maximum atomic E-state index is 12.6. The Morgan fingerprint density at radius 3 is 2.64 bits per heavy atom. The van der Waals surface area contributed by atoms with E-state index in [4.69, 9.17) is 25.7 Å². The van der Waals surface area contributed by atoms with Crippen molar-refractivity contribution in [3.8, 4) is 6.07 Å². The molecule has 5 atom stereocenters. The summed E-state index contributed by atoms with van der Waals surface area (Å²) in [5.74, 6) is -1.78. The zero-order chi connectivity index (χ0) is 24.5. The summed E-state index contributed by atoms with van der Waals surface area (Å²) in [4.78, 5) is 28.5. The number of hydrogen-bond donors (Lipinski definition) is 3. The Bertz CT molecular complexity index is 1080. The van der Waals surface area contributed by atoms with Crippen molar-refractivity contribution in [2.75, 3.05) is 12.3 Å². The molecule has 0 bridgehead atoms. The van der Waals surface area contributed by atoms with Gasteiger partial charge in [-0.25, -0.2) is 9.50 Å². The van der Waals surface area contributed by atoms with Gasteiger partial charge in [0.25, 0.3) is 0 Å². The predicted molar refractivity (Wildman–Crippen MR) is 114 cm³/mol. The number of carbonyl (C=O) groups excluding carboxylic acids is 2. The topological polar surface area (TPSA) is 188 Å². The van der Waals surface area contributed by atoms with E-state index in [0.717, 1.165) is 0 Å². The summed E-state index contributed by atoms with van der Waals surface area (Å²) in [6.45, 7) is 6.44. The van der Waals surface area contributed by atoms with Crippen molar-refractivity contribution in [1.29, 1.82) is 5.26 Å². The van der Waals surface area contributed by atoms with Crippen LogP contribution in [0.15, 0.2) is 18.5 Å². The van der Waals surface area contributed by atoms with Gasteiger partial charge in [0.15, 0.2) is 11.9 Å². The highest BCUT2D eigenvalue weighted by Crippen LogP contribution is 2.42. The molecule has 1 saturated heterocycles. The maximum Gasteiger partial charge on any atom is 0.323 e. The molecule has 178 valence electrons. The van der Waals surface area contributed by atoms with E-state index in [9.17, 15) is 20.0 Å². The van der Waals surface area contributed by atoms with E-state index in [-0.39, 0.29) is 24.0 Å². The number of anilines is 1. The summed E-state index contributed by atoms with van der Waals surface area (Å²) < 4.78 is 18.0. The standard InChI is InChI=1S/C21H28N6O6/c1-10(2)15(23)20(30)32-16-13(7-31-19(29)11(3)4)33-21(8-22,17(16)28)14-6-5-12-18(24)25-9-26-27(12)14/h5-6,9-11,13,15-17,28H,7,23H2,1-4H3,(H2,24,25,26)/t13-,15+,16-,17-,21+/m1/s1. The zero-order valence-electron chi connectivity index (χ0n) is 18.8. The molecule has 3 rings (SSSR count). The Labute approximate surface area is 190 Å². The third-order valence-electron chi connectivity index (χ3n) is 5.56. The van der Waals surface area contributed by atoms with Gasteiger partial charge in [0.2, 0.25) is 5.60 Å². The Hall–Kier alpha value is -3.27. The summed E-state index contributed by atoms with van der Waals surface area (Å²) in [6.07, 6.45) is -2.94. The van der Waals surface area contributed by atoms with Crippen LogP contribution in [0.3, 0.4) is 0 Å². The number of carbonyl (C=O) groups is 2. The number of aliphatic hydroxyl groups excluding tert-OH is 1.